The van der Waals surface area contributed by atoms with Gasteiger partial charge in [-0.05, 0) is 68.5 Å². The van der Waals surface area contributed by atoms with Crippen LogP contribution < -0.4 is 10.2 Å². The second kappa shape index (κ2) is 5.78. The lowest BCUT2D eigenvalue weighted by Crippen LogP contribution is -2.42. The van der Waals surface area contributed by atoms with Crippen molar-refractivity contribution in [2.24, 2.45) is 0 Å². The van der Waals surface area contributed by atoms with Crippen LogP contribution in [0, 0.1) is 0 Å². The van der Waals surface area contributed by atoms with Gasteiger partial charge in [-0.15, -0.1) is 0 Å². The van der Waals surface area contributed by atoms with Crippen LogP contribution in [-0.2, 0) is 11.8 Å². The molecule has 1 saturated heterocycles. The number of aromatic nitrogens is 2. The number of nitrogens with zero attached hydrogens (tertiary/aromatic N) is 3. The molecular formula is C20H23BrN4. The number of nitrogens with one attached hydrogen (secondary N) is 1. The number of piperidine rings is 1. The van der Waals surface area contributed by atoms with E-state index in [-0.39, 0.29) is 5.41 Å². The fourth-order valence-electron chi connectivity index (χ4n) is 5.00. The lowest BCUT2D eigenvalue weighted by atomic mass is 9.75. The van der Waals surface area contributed by atoms with Crippen LogP contribution in [0.1, 0.15) is 48.9 Å². The molecule has 1 unspecified atom stereocenters. The molecule has 1 fully saturated rings. The molecule has 1 aliphatic carbocycles. The molecule has 0 amide bonds. The summed E-state index contributed by atoms with van der Waals surface area (Å²) in [7, 11) is 0. The molecule has 1 spiro atoms. The number of fused-ring (bicyclic) bond motifs is 3. The maximum atomic E-state index is 4.77. The van der Waals surface area contributed by atoms with E-state index in [1.807, 2.05) is 0 Å². The van der Waals surface area contributed by atoms with Gasteiger partial charge >= 0.3 is 0 Å². The topological polar surface area (TPSA) is 41.1 Å². The highest BCUT2D eigenvalue weighted by molar-refractivity contribution is 9.10. The SMILES string of the molecule is CC1CCc2ncnc(N3CC4(CCNCC4)c4cc(Br)ccc43)c21. The molecule has 0 radical (unpaired) electrons. The molecule has 1 N–H and O–H groups in total. The summed E-state index contributed by atoms with van der Waals surface area (Å²) in [5, 5.41) is 3.53. The molecule has 0 saturated carbocycles. The summed E-state index contributed by atoms with van der Waals surface area (Å²) in [5.41, 5.74) is 5.69. The number of hydrogen-bond acceptors (Lipinski definition) is 4. The summed E-state index contributed by atoms with van der Waals surface area (Å²) < 4.78 is 1.17. The third-order valence-electron chi connectivity index (χ3n) is 6.35. The Morgan fingerprint density at radius 3 is 2.92 bits per heavy atom. The Labute approximate surface area is 157 Å². The lowest BCUT2D eigenvalue weighted by Gasteiger charge is -2.35. The molecular weight excluding hydrogens is 376 g/mol. The molecule has 1 aromatic carbocycles. The summed E-state index contributed by atoms with van der Waals surface area (Å²) in [5.74, 6) is 1.70. The summed E-state index contributed by atoms with van der Waals surface area (Å²) >= 11 is 3.69. The highest BCUT2D eigenvalue weighted by atomic mass is 79.9. The van der Waals surface area contributed by atoms with E-state index in [2.05, 4.69) is 56.3 Å². The zero-order valence-electron chi connectivity index (χ0n) is 14.6. The number of hydrogen-bond donors (Lipinski definition) is 1. The van der Waals surface area contributed by atoms with Gasteiger partial charge in [-0.2, -0.15) is 0 Å². The summed E-state index contributed by atoms with van der Waals surface area (Å²) in [4.78, 5) is 11.8. The van der Waals surface area contributed by atoms with E-state index >= 15 is 0 Å². The molecule has 5 rings (SSSR count). The van der Waals surface area contributed by atoms with Crippen molar-refractivity contribution < 1.29 is 0 Å². The smallest absolute Gasteiger partial charge is 0.140 e. The van der Waals surface area contributed by atoms with Gasteiger partial charge in [0.1, 0.15) is 12.1 Å². The van der Waals surface area contributed by atoms with Gasteiger partial charge in [-0.25, -0.2) is 9.97 Å². The first kappa shape index (κ1) is 15.8. The van der Waals surface area contributed by atoms with E-state index in [1.165, 1.54) is 46.2 Å². The zero-order valence-corrected chi connectivity index (χ0v) is 16.1. The quantitative estimate of drug-likeness (QED) is 0.785. The lowest BCUT2D eigenvalue weighted by molar-refractivity contribution is 0.329. The molecule has 3 aliphatic rings. The third kappa shape index (κ3) is 2.36. The molecule has 3 heterocycles. The van der Waals surface area contributed by atoms with Crippen molar-refractivity contribution >= 4 is 27.4 Å². The van der Waals surface area contributed by atoms with Crippen LogP contribution >= 0.6 is 15.9 Å². The number of aryl methyl sites for hydroxylation is 1. The third-order valence-corrected chi connectivity index (χ3v) is 6.84. The summed E-state index contributed by atoms with van der Waals surface area (Å²) in [6.07, 6.45) is 6.42. The average molecular weight is 399 g/mol. The van der Waals surface area contributed by atoms with Crippen LogP contribution in [0.3, 0.4) is 0 Å². The maximum absolute atomic E-state index is 4.77. The highest BCUT2D eigenvalue weighted by Gasteiger charge is 2.45. The van der Waals surface area contributed by atoms with Crippen molar-refractivity contribution in [1.29, 1.82) is 0 Å². The van der Waals surface area contributed by atoms with E-state index in [9.17, 15) is 0 Å². The van der Waals surface area contributed by atoms with Crippen molar-refractivity contribution in [3.05, 3.63) is 45.8 Å². The highest BCUT2D eigenvalue weighted by Crippen LogP contribution is 2.51. The Hall–Kier alpha value is -1.46. The maximum Gasteiger partial charge on any atom is 0.140 e. The Morgan fingerprint density at radius 2 is 2.08 bits per heavy atom. The molecule has 130 valence electrons. The van der Waals surface area contributed by atoms with Crippen molar-refractivity contribution in [1.82, 2.24) is 15.3 Å². The number of rotatable bonds is 1. The minimum atomic E-state index is 0.240. The Balaban J connectivity index is 1.67. The van der Waals surface area contributed by atoms with E-state index in [0.717, 1.165) is 31.9 Å². The van der Waals surface area contributed by atoms with Crippen LogP contribution in [0.15, 0.2) is 29.0 Å². The van der Waals surface area contributed by atoms with E-state index < -0.39 is 0 Å². The van der Waals surface area contributed by atoms with Crippen LogP contribution in [0.4, 0.5) is 11.5 Å². The fraction of sp³-hybridized carbons (Fsp3) is 0.500. The number of anilines is 2. The Morgan fingerprint density at radius 1 is 1.24 bits per heavy atom. The number of benzene rings is 1. The predicted molar refractivity (Wildman–Crippen MR) is 104 cm³/mol. The first-order valence-electron chi connectivity index (χ1n) is 9.30. The van der Waals surface area contributed by atoms with Crippen molar-refractivity contribution in [3.8, 4) is 0 Å². The predicted octanol–water partition coefficient (Wildman–Crippen LogP) is 4.06. The van der Waals surface area contributed by atoms with Gasteiger partial charge in [0.25, 0.3) is 0 Å². The molecule has 2 aromatic rings. The van der Waals surface area contributed by atoms with Crippen molar-refractivity contribution in [3.63, 3.8) is 0 Å². The largest absolute Gasteiger partial charge is 0.325 e. The van der Waals surface area contributed by atoms with Crippen LogP contribution in [-0.4, -0.2) is 29.6 Å². The second-order valence-electron chi connectivity index (χ2n) is 7.78. The average Bonchev–Trinajstić information content (AvgIpc) is 3.15. The van der Waals surface area contributed by atoms with Gasteiger partial charge < -0.3 is 10.2 Å². The van der Waals surface area contributed by atoms with Gasteiger partial charge in [0, 0.05) is 33.4 Å². The molecule has 1 atom stereocenters. The van der Waals surface area contributed by atoms with Gasteiger partial charge in [-0.1, -0.05) is 22.9 Å². The van der Waals surface area contributed by atoms with Gasteiger partial charge in [0.2, 0.25) is 0 Å². The first-order chi connectivity index (χ1) is 12.2. The minimum Gasteiger partial charge on any atom is -0.325 e. The molecule has 0 bridgehead atoms. The van der Waals surface area contributed by atoms with Crippen LogP contribution in [0.2, 0.25) is 0 Å². The molecule has 2 aliphatic heterocycles. The minimum absolute atomic E-state index is 0.240. The van der Waals surface area contributed by atoms with Crippen LogP contribution in [0.25, 0.3) is 0 Å². The molecule has 4 nitrogen and oxygen atoms in total. The Kier molecular flexibility index (Phi) is 3.64. The first-order valence-corrected chi connectivity index (χ1v) is 10.1. The monoisotopic (exact) mass is 398 g/mol. The van der Waals surface area contributed by atoms with Crippen molar-refractivity contribution in [2.75, 3.05) is 24.5 Å². The van der Waals surface area contributed by atoms with E-state index in [0.29, 0.717) is 5.92 Å². The van der Waals surface area contributed by atoms with E-state index in [1.54, 1.807) is 6.33 Å². The van der Waals surface area contributed by atoms with Gasteiger partial charge in [0.15, 0.2) is 0 Å². The zero-order chi connectivity index (χ0) is 17.0. The van der Waals surface area contributed by atoms with Crippen LogP contribution in [0.5, 0.6) is 0 Å². The van der Waals surface area contributed by atoms with Gasteiger partial charge in [-0.3, -0.25) is 0 Å². The summed E-state index contributed by atoms with van der Waals surface area (Å²) in [6.45, 7) is 5.55. The second-order valence-corrected chi connectivity index (χ2v) is 8.69. The molecule has 5 heteroatoms. The fourth-order valence-corrected chi connectivity index (χ4v) is 5.36. The summed E-state index contributed by atoms with van der Waals surface area (Å²) in [6, 6.07) is 6.77. The standard InChI is InChI=1S/C20H23BrN4/c1-13-2-4-16-18(13)19(24-12-23-16)25-11-20(6-8-22-9-7-20)15-10-14(21)3-5-17(15)25/h3,5,10,12-13,22H,2,4,6-9,11H2,1H3. The Bertz CT molecular complexity index is 828. The van der Waals surface area contributed by atoms with E-state index in [4.69, 9.17) is 4.98 Å². The number of halogens is 1. The van der Waals surface area contributed by atoms with Crippen molar-refractivity contribution in [2.45, 2.75) is 43.9 Å². The normalized spacial score (nSPS) is 23.8. The molecule has 25 heavy (non-hydrogen) atoms. The van der Waals surface area contributed by atoms with Gasteiger partial charge in [0.05, 0.1) is 0 Å². The molecule has 1 aromatic heterocycles.